The molecule has 2 aromatic carbocycles. The van der Waals surface area contributed by atoms with Gasteiger partial charge in [0.15, 0.2) is 5.69 Å². The first-order valence-electron chi connectivity index (χ1n) is 8.85. The van der Waals surface area contributed by atoms with Crippen molar-refractivity contribution in [3.05, 3.63) is 94.4 Å². The third-order valence-corrected chi connectivity index (χ3v) is 4.70. The van der Waals surface area contributed by atoms with Gasteiger partial charge in [-0.25, -0.2) is 9.67 Å². The summed E-state index contributed by atoms with van der Waals surface area (Å²) in [6.45, 7) is 0. The average Bonchev–Trinajstić information content (AvgIpc) is 3.15. The smallest absolute Gasteiger partial charge is 0.274 e. The van der Waals surface area contributed by atoms with Crippen LogP contribution in [0.25, 0.3) is 10.8 Å². The van der Waals surface area contributed by atoms with Gasteiger partial charge in [-0.1, -0.05) is 48.5 Å². The lowest BCUT2D eigenvalue weighted by Gasteiger charge is -2.19. The zero-order chi connectivity index (χ0) is 19.7. The average molecular weight is 373 g/mol. The van der Waals surface area contributed by atoms with Crippen LogP contribution in [0.2, 0.25) is 0 Å². The Morgan fingerprint density at radius 2 is 1.68 bits per heavy atom. The van der Waals surface area contributed by atoms with Crippen molar-refractivity contribution in [1.29, 1.82) is 0 Å². The van der Waals surface area contributed by atoms with E-state index in [0.29, 0.717) is 16.6 Å². The fourth-order valence-corrected chi connectivity index (χ4v) is 3.26. The molecule has 4 rings (SSSR count). The van der Waals surface area contributed by atoms with Crippen molar-refractivity contribution in [3.8, 4) is 0 Å². The Hall–Kier alpha value is -3.74. The molecule has 0 fully saturated rings. The van der Waals surface area contributed by atoms with Gasteiger partial charge < -0.3 is 9.88 Å². The highest BCUT2D eigenvalue weighted by atomic mass is 16.2. The van der Waals surface area contributed by atoms with Crippen molar-refractivity contribution < 1.29 is 4.79 Å². The molecule has 2 heterocycles. The summed E-state index contributed by atoms with van der Waals surface area (Å²) in [6.07, 6.45) is 3.52. The van der Waals surface area contributed by atoms with E-state index in [-0.39, 0.29) is 17.2 Å². The fourth-order valence-electron chi connectivity index (χ4n) is 3.26. The van der Waals surface area contributed by atoms with Gasteiger partial charge in [0.25, 0.3) is 11.5 Å². The van der Waals surface area contributed by atoms with Crippen LogP contribution < -0.4 is 10.9 Å². The van der Waals surface area contributed by atoms with E-state index in [0.717, 1.165) is 5.56 Å². The molecule has 0 bridgehead atoms. The van der Waals surface area contributed by atoms with Crippen molar-refractivity contribution in [3.63, 3.8) is 0 Å². The first kappa shape index (κ1) is 17.7. The lowest BCUT2D eigenvalue weighted by atomic mass is 10.1. The zero-order valence-corrected chi connectivity index (χ0v) is 15.5. The van der Waals surface area contributed by atoms with Crippen LogP contribution in [0.4, 0.5) is 0 Å². The molecule has 1 atom stereocenters. The summed E-state index contributed by atoms with van der Waals surface area (Å²) >= 11 is 0. The van der Waals surface area contributed by atoms with E-state index in [1.165, 1.54) is 4.68 Å². The number of aromatic nitrogens is 4. The third-order valence-electron chi connectivity index (χ3n) is 4.70. The monoisotopic (exact) mass is 373 g/mol. The summed E-state index contributed by atoms with van der Waals surface area (Å²) in [5.74, 6) is 0.331. The third kappa shape index (κ3) is 3.07. The molecule has 0 radical (unpaired) electrons. The summed E-state index contributed by atoms with van der Waals surface area (Å²) in [7, 11) is 3.42. The normalized spacial score (nSPS) is 12.1. The Kier molecular flexibility index (Phi) is 4.49. The molecule has 0 aliphatic heterocycles. The van der Waals surface area contributed by atoms with Gasteiger partial charge in [0.1, 0.15) is 11.9 Å². The highest BCUT2D eigenvalue weighted by molar-refractivity contribution is 6.05. The largest absolute Gasteiger partial charge is 0.337 e. The van der Waals surface area contributed by atoms with E-state index in [9.17, 15) is 9.59 Å². The highest BCUT2D eigenvalue weighted by Gasteiger charge is 2.23. The number of carbonyl (C=O) groups is 1. The van der Waals surface area contributed by atoms with E-state index in [4.69, 9.17) is 0 Å². The Morgan fingerprint density at radius 1 is 1.00 bits per heavy atom. The van der Waals surface area contributed by atoms with Crippen LogP contribution in [0.3, 0.4) is 0 Å². The van der Waals surface area contributed by atoms with Crippen molar-refractivity contribution in [2.24, 2.45) is 14.1 Å². The van der Waals surface area contributed by atoms with Crippen LogP contribution in [-0.4, -0.2) is 25.2 Å². The van der Waals surface area contributed by atoms with Crippen molar-refractivity contribution in [2.75, 3.05) is 0 Å². The van der Waals surface area contributed by atoms with E-state index < -0.39 is 6.04 Å². The molecule has 4 aromatic rings. The number of nitrogens with zero attached hydrogens (tertiary/aromatic N) is 4. The molecule has 1 N–H and O–H groups in total. The predicted molar refractivity (Wildman–Crippen MR) is 106 cm³/mol. The van der Waals surface area contributed by atoms with Gasteiger partial charge in [0.05, 0.1) is 5.39 Å². The van der Waals surface area contributed by atoms with Crippen LogP contribution in [0.5, 0.6) is 0 Å². The molecule has 0 saturated heterocycles. The number of hydrogen-bond acceptors (Lipinski definition) is 4. The molecule has 1 amide bonds. The summed E-state index contributed by atoms with van der Waals surface area (Å²) in [6, 6.07) is 16.2. The summed E-state index contributed by atoms with van der Waals surface area (Å²) in [5, 5.41) is 8.23. The number of benzene rings is 2. The Bertz CT molecular complexity index is 1210. The number of aryl methyl sites for hydroxylation is 2. The predicted octanol–water partition coefficient (Wildman–Crippen LogP) is 2.19. The Morgan fingerprint density at radius 3 is 2.36 bits per heavy atom. The van der Waals surface area contributed by atoms with Crippen molar-refractivity contribution >= 4 is 16.7 Å². The SMILES string of the molecule is Cn1ccnc1C(NC(=O)c1nn(C)c(=O)c2ccccc12)c1ccccc1. The molecular weight excluding hydrogens is 354 g/mol. The molecule has 28 heavy (non-hydrogen) atoms. The second-order valence-corrected chi connectivity index (χ2v) is 6.54. The number of rotatable bonds is 4. The minimum Gasteiger partial charge on any atom is -0.337 e. The van der Waals surface area contributed by atoms with Crippen molar-refractivity contribution in [1.82, 2.24) is 24.6 Å². The van der Waals surface area contributed by atoms with Crippen LogP contribution in [0, 0.1) is 0 Å². The van der Waals surface area contributed by atoms with E-state index in [1.807, 2.05) is 48.1 Å². The van der Waals surface area contributed by atoms with Gasteiger partial charge in [-0.15, -0.1) is 0 Å². The maximum Gasteiger partial charge on any atom is 0.274 e. The highest BCUT2D eigenvalue weighted by Crippen LogP contribution is 2.21. The Balaban J connectivity index is 1.80. The quantitative estimate of drug-likeness (QED) is 0.594. The fraction of sp³-hybridized carbons (Fsp3) is 0.143. The van der Waals surface area contributed by atoms with Crippen molar-refractivity contribution in [2.45, 2.75) is 6.04 Å². The lowest BCUT2D eigenvalue weighted by molar-refractivity contribution is 0.0936. The molecule has 7 nitrogen and oxygen atoms in total. The molecule has 140 valence electrons. The zero-order valence-electron chi connectivity index (χ0n) is 15.5. The molecule has 0 spiro atoms. The number of amides is 1. The molecule has 0 aliphatic rings. The number of fused-ring (bicyclic) bond motifs is 1. The first-order chi connectivity index (χ1) is 13.6. The summed E-state index contributed by atoms with van der Waals surface area (Å²) in [5.41, 5.74) is 0.864. The molecule has 7 heteroatoms. The number of carbonyl (C=O) groups excluding carboxylic acids is 1. The van der Waals surface area contributed by atoms with E-state index in [1.54, 1.807) is 37.5 Å². The van der Waals surface area contributed by atoms with Crippen LogP contribution in [0.15, 0.2) is 71.8 Å². The van der Waals surface area contributed by atoms with Gasteiger partial charge in [-0.3, -0.25) is 9.59 Å². The molecule has 1 unspecified atom stereocenters. The number of hydrogen-bond donors (Lipinski definition) is 1. The number of nitrogens with one attached hydrogen (secondary N) is 1. The topological polar surface area (TPSA) is 81.8 Å². The molecule has 2 aromatic heterocycles. The number of imidazole rings is 1. The van der Waals surface area contributed by atoms with Crippen LogP contribution >= 0.6 is 0 Å². The molecular formula is C21H19N5O2. The van der Waals surface area contributed by atoms with Gasteiger partial charge in [0.2, 0.25) is 0 Å². The minimum absolute atomic E-state index is 0.202. The van der Waals surface area contributed by atoms with Crippen LogP contribution in [-0.2, 0) is 14.1 Å². The van der Waals surface area contributed by atoms with E-state index >= 15 is 0 Å². The first-order valence-corrected chi connectivity index (χ1v) is 8.85. The second-order valence-electron chi connectivity index (χ2n) is 6.54. The Labute approximate surface area is 161 Å². The maximum absolute atomic E-state index is 13.2. The molecule has 0 saturated carbocycles. The maximum atomic E-state index is 13.2. The van der Waals surface area contributed by atoms with Gasteiger partial charge in [0, 0.05) is 31.9 Å². The molecule has 0 aliphatic carbocycles. The van der Waals surface area contributed by atoms with Gasteiger partial charge in [-0.05, 0) is 11.6 Å². The van der Waals surface area contributed by atoms with Crippen LogP contribution in [0.1, 0.15) is 27.9 Å². The lowest BCUT2D eigenvalue weighted by Crippen LogP contribution is -2.33. The minimum atomic E-state index is -0.452. The standard InChI is InChI=1S/C21H19N5O2/c1-25-13-12-22-19(25)17(14-8-4-3-5-9-14)23-20(27)18-15-10-6-7-11-16(15)21(28)26(2)24-18/h3-13,17H,1-2H3,(H,23,27). The summed E-state index contributed by atoms with van der Waals surface area (Å²) in [4.78, 5) is 29.9. The summed E-state index contributed by atoms with van der Waals surface area (Å²) < 4.78 is 3.06. The van der Waals surface area contributed by atoms with Gasteiger partial charge >= 0.3 is 0 Å². The van der Waals surface area contributed by atoms with Gasteiger partial charge in [-0.2, -0.15) is 5.10 Å². The second kappa shape index (κ2) is 7.11. The van der Waals surface area contributed by atoms with E-state index in [2.05, 4.69) is 15.4 Å².